The molecule has 7 heteroatoms. The summed E-state index contributed by atoms with van der Waals surface area (Å²) in [6.45, 7) is 0. The quantitative estimate of drug-likeness (QED) is 0.513. The summed E-state index contributed by atoms with van der Waals surface area (Å²) in [6, 6.07) is 12.3. The standard InChI is InChI=1S/C14H9Cl2IN2OS/c15-11-6-1-8(7-12(11)16)13(20)19-14(21)18-10-4-2-9(17)3-5-10/h1-7H,(H2,18,19,20,21). The first kappa shape index (κ1) is 16.5. The SMILES string of the molecule is O=C(NC(=S)Nc1ccc(I)cc1)c1ccc(Cl)c(Cl)c1. The molecule has 108 valence electrons. The number of amides is 1. The summed E-state index contributed by atoms with van der Waals surface area (Å²) in [5, 5.41) is 6.45. The molecule has 2 aromatic rings. The van der Waals surface area contributed by atoms with Gasteiger partial charge in [-0.25, -0.2) is 0 Å². The van der Waals surface area contributed by atoms with Crippen molar-refractivity contribution in [1.29, 1.82) is 0 Å². The lowest BCUT2D eigenvalue weighted by Gasteiger charge is -2.10. The summed E-state index contributed by atoms with van der Waals surface area (Å²) < 4.78 is 1.11. The van der Waals surface area contributed by atoms with E-state index in [1.807, 2.05) is 24.3 Å². The van der Waals surface area contributed by atoms with Crippen LogP contribution in [0, 0.1) is 3.57 Å². The van der Waals surface area contributed by atoms with Gasteiger partial charge in [0.05, 0.1) is 10.0 Å². The second-order valence-corrected chi connectivity index (χ2v) is 6.51. The normalized spacial score (nSPS) is 10.0. The fourth-order valence-electron chi connectivity index (χ4n) is 1.51. The van der Waals surface area contributed by atoms with E-state index in [0.717, 1.165) is 9.26 Å². The summed E-state index contributed by atoms with van der Waals surface area (Å²) in [5.41, 5.74) is 1.19. The predicted octanol–water partition coefficient (Wildman–Crippen LogP) is 4.72. The molecule has 0 unspecified atom stereocenters. The van der Waals surface area contributed by atoms with E-state index in [2.05, 4.69) is 33.2 Å². The monoisotopic (exact) mass is 450 g/mol. The molecule has 0 bridgehead atoms. The number of benzene rings is 2. The van der Waals surface area contributed by atoms with E-state index in [1.165, 1.54) is 6.07 Å². The molecule has 0 aliphatic rings. The fraction of sp³-hybridized carbons (Fsp3) is 0. The van der Waals surface area contributed by atoms with Crippen molar-refractivity contribution < 1.29 is 4.79 Å². The Morgan fingerprint density at radius 2 is 1.71 bits per heavy atom. The van der Waals surface area contributed by atoms with Crippen LogP contribution in [0.3, 0.4) is 0 Å². The van der Waals surface area contributed by atoms with Crippen molar-refractivity contribution in [2.45, 2.75) is 0 Å². The average molecular weight is 451 g/mol. The number of thiocarbonyl (C=S) groups is 1. The minimum Gasteiger partial charge on any atom is -0.332 e. The van der Waals surface area contributed by atoms with Crippen molar-refractivity contribution in [3.05, 3.63) is 61.6 Å². The minimum atomic E-state index is -0.350. The van der Waals surface area contributed by atoms with Gasteiger partial charge < -0.3 is 5.32 Å². The maximum absolute atomic E-state index is 12.0. The van der Waals surface area contributed by atoms with E-state index in [4.69, 9.17) is 35.4 Å². The second-order valence-electron chi connectivity index (χ2n) is 4.04. The minimum absolute atomic E-state index is 0.215. The lowest BCUT2D eigenvalue weighted by molar-refractivity contribution is 0.0978. The van der Waals surface area contributed by atoms with Crippen molar-refractivity contribution in [2.24, 2.45) is 0 Å². The highest BCUT2D eigenvalue weighted by Crippen LogP contribution is 2.22. The van der Waals surface area contributed by atoms with Crippen LogP contribution in [0.4, 0.5) is 5.69 Å². The zero-order valence-electron chi connectivity index (χ0n) is 10.5. The van der Waals surface area contributed by atoms with E-state index in [0.29, 0.717) is 15.6 Å². The van der Waals surface area contributed by atoms with Gasteiger partial charge in [0.1, 0.15) is 0 Å². The molecule has 0 aliphatic heterocycles. The Kier molecular flexibility index (Phi) is 5.80. The Balaban J connectivity index is 2.00. The predicted molar refractivity (Wildman–Crippen MR) is 99.3 cm³/mol. The number of carbonyl (C=O) groups excluding carboxylic acids is 1. The molecule has 1 amide bonds. The van der Waals surface area contributed by atoms with E-state index < -0.39 is 0 Å². The molecule has 0 aromatic heterocycles. The maximum atomic E-state index is 12.0. The summed E-state index contributed by atoms with van der Waals surface area (Å²) >= 11 is 19.0. The van der Waals surface area contributed by atoms with Gasteiger partial charge >= 0.3 is 0 Å². The molecule has 0 radical (unpaired) electrons. The first-order valence-electron chi connectivity index (χ1n) is 5.78. The molecule has 3 nitrogen and oxygen atoms in total. The van der Waals surface area contributed by atoms with Crippen LogP contribution in [0.15, 0.2) is 42.5 Å². The highest BCUT2D eigenvalue weighted by Gasteiger charge is 2.10. The van der Waals surface area contributed by atoms with E-state index in [9.17, 15) is 4.79 Å². The van der Waals surface area contributed by atoms with Gasteiger partial charge in [-0.3, -0.25) is 10.1 Å². The molecule has 0 aliphatic carbocycles. The number of nitrogens with one attached hydrogen (secondary N) is 2. The van der Waals surface area contributed by atoms with Crippen molar-refractivity contribution in [3.63, 3.8) is 0 Å². The molecule has 2 rings (SSSR count). The van der Waals surface area contributed by atoms with Crippen LogP contribution in [0.2, 0.25) is 10.0 Å². The van der Waals surface area contributed by atoms with Gasteiger partial charge in [-0.2, -0.15) is 0 Å². The molecule has 0 spiro atoms. The molecule has 0 saturated carbocycles. The Hall–Kier alpha value is -0.890. The molecule has 0 atom stereocenters. The van der Waals surface area contributed by atoms with Crippen LogP contribution >= 0.6 is 58.0 Å². The Labute approximate surface area is 151 Å². The van der Waals surface area contributed by atoms with Gasteiger partial charge in [0.2, 0.25) is 0 Å². The van der Waals surface area contributed by atoms with Crippen LogP contribution in [-0.4, -0.2) is 11.0 Å². The maximum Gasteiger partial charge on any atom is 0.257 e. The first-order chi connectivity index (χ1) is 9.95. The smallest absolute Gasteiger partial charge is 0.257 e. The summed E-state index contributed by atoms with van der Waals surface area (Å²) in [7, 11) is 0. The van der Waals surface area contributed by atoms with Crippen molar-refractivity contribution >= 4 is 74.7 Å². The lowest BCUT2D eigenvalue weighted by atomic mass is 10.2. The third-order valence-electron chi connectivity index (χ3n) is 2.51. The van der Waals surface area contributed by atoms with Crippen LogP contribution in [0.1, 0.15) is 10.4 Å². The van der Waals surface area contributed by atoms with Gasteiger partial charge in [0.25, 0.3) is 5.91 Å². The number of carbonyl (C=O) groups is 1. The molecular weight excluding hydrogens is 442 g/mol. The van der Waals surface area contributed by atoms with Crippen molar-refractivity contribution in [3.8, 4) is 0 Å². The molecule has 21 heavy (non-hydrogen) atoms. The number of rotatable bonds is 2. The highest BCUT2D eigenvalue weighted by molar-refractivity contribution is 14.1. The number of hydrogen-bond donors (Lipinski definition) is 2. The zero-order valence-corrected chi connectivity index (χ0v) is 15.0. The van der Waals surface area contributed by atoms with Crippen molar-refractivity contribution in [1.82, 2.24) is 5.32 Å². The van der Waals surface area contributed by atoms with E-state index in [1.54, 1.807) is 12.1 Å². The van der Waals surface area contributed by atoms with Gasteiger partial charge in [0.15, 0.2) is 5.11 Å². The van der Waals surface area contributed by atoms with Crippen molar-refractivity contribution in [2.75, 3.05) is 5.32 Å². The average Bonchev–Trinajstić information content (AvgIpc) is 2.44. The van der Waals surface area contributed by atoms with Gasteiger partial charge in [0, 0.05) is 14.8 Å². The van der Waals surface area contributed by atoms with E-state index in [-0.39, 0.29) is 11.0 Å². The largest absolute Gasteiger partial charge is 0.332 e. The second kappa shape index (κ2) is 7.40. The van der Waals surface area contributed by atoms with Crippen LogP contribution in [-0.2, 0) is 0 Å². The highest BCUT2D eigenvalue weighted by atomic mass is 127. The Morgan fingerprint density at radius 1 is 1.05 bits per heavy atom. The van der Waals surface area contributed by atoms with Crippen LogP contribution in [0.25, 0.3) is 0 Å². The summed E-state index contributed by atoms with van der Waals surface area (Å²) in [4.78, 5) is 12.0. The van der Waals surface area contributed by atoms with Crippen LogP contribution < -0.4 is 10.6 Å². The fourth-order valence-corrected chi connectivity index (χ4v) is 2.38. The topological polar surface area (TPSA) is 41.1 Å². The van der Waals surface area contributed by atoms with Crippen LogP contribution in [0.5, 0.6) is 0 Å². The third-order valence-corrected chi connectivity index (χ3v) is 4.17. The zero-order chi connectivity index (χ0) is 15.4. The molecule has 0 heterocycles. The van der Waals surface area contributed by atoms with Gasteiger partial charge in [-0.15, -0.1) is 0 Å². The third kappa shape index (κ3) is 4.81. The summed E-state index contributed by atoms with van der Waals surface area (Å²) in [5.74, 6) is -0.350. The number of hydrogen-bond acceptors (Lipinski definition) is 2. The summed E-state index contributed by atoms with van der Waals surface area (Å²) in [6.07, 6.45) is 0. The van der Waals surface area contributed by atoms with E-state index >= 15 is 0 Å². The number of halogens is 3. The molecular formula is C14H9Cl2IN2OS. The van der Waals surface area contributed by atoms with Gasteiger partial charge in [-0.05, 0) is 77.3 Å². The molecule has 2 N–H and O–H groups in total. The first-order valence-corrected chi connectivity index (χ1v) is 8.03. The lowest BCUT2D eigenvalue weighted by Crippen LogP contribution is -2.34. The van der Waals surface area contributed by atoms with Gasteiger partial charge in [-0.1, -0.05) is 23.2 Å². The molecule has 0 saturated heterocycles. The Morgan fingerprint density at radius 3 is 2.33 bits per heavy atom. The molecule has 2 aromatic carbocycles. The molecule has 0 fully saturated rings. The number of anilines is 1. The Bertz CT molecular complexity index is 692.